The highest BCUT2D eigenvalue weighted by molar-refractivity contribution is 7.09. The number of nitrogens with zero attached hydrogens (tertiary/aromatic N) is 4. The first kappa shape index (κ1) is 25.4. The number of ether oxygens (including phenoxy) is 1. The Morgan fingerprint density at radius 3 is 2.65 bits per heavy atom. The number of allylic oxidation sites excluding steroid dienone is 3. The van der Waals surface area contributed by atoms with Crippen molar-refractivity contribution in [2.45, 2.75) is 45.7 Å². The van der Waals surface area contributed by atoms with Gasteiger partial charge in [-0.15, -0.1) is 0 Å². The normalized spacial score (nSPS) is 15.9. The van der Waals surface area contributed by atoms with Crippen LogP contribution in [0.5, 0.6) is 5.75 Å². The minimum absolute atomic E-state index is 0.0471. The number of alkyl halides is 3. The Morgan fingerprint density at radius 2 is 2.06 bits per heavy atom. The second kappa shape index (κ2) is 10.8. The lowest BCUT2D eigenvalue weighted by Gasteiger charge is -2.29. The summed E-state index contributed by atoms with van der Waals surface area (Å²) in [4.78, 5) is 21.9. The van der Waals surface area contributed by atoms with Gasteiger partial charge in [0.2, 0.25) is 11.0 Å². The number of hydrogen-bond donors (Lipinski definition) is 1. The highest BCUT2D eigenvalue weighted by Gasteiger charge is 2.32. The molecule has 1 amide bonds. The molecule has 3 rings (SSSR count). The monoisotopic (exact) mass is 493 g/mol. The quantitative estimate of drug-likeness (QED) is 0.413. The molecular weight excluding hydrogens is 467 g/mol. The minimum Gasteiger partial charge on any atom is -0.453 e. The average molecular weight is 494 g/mol. The average Bonchev–Trinajstić information content (AvgIpc) is 3.25. The standard InChI is InChI=1S/C23H26F3N5O2S/c1-5-18(23(24,25)26)13-20(33-19-7-6-10-27-14(19)2)15(3)28-22-29-21(30-34-22)17-8-11-31(12-9-17)16(4)32/h5-7,10,13,17H,3,8-9,11-12H2,1-2,4H3,(H,28,29,30)/b18-5+,20-13+. The molecule has 0 bridgehead atoms. The van der Waals surface area contributed by atoms with Crippen molar-refractivity contribution < 1.29 is 22.7 Å². The first-order chi connectivity index (χ1) is 16.1. The van der Waals surface area contributed by atoms with Crippen molar-refractivity contribution in [3.05, 3.63) is 65.6 Å². The third-order valence-corrected chi connectivity index (χ3v) is 6.05. The smallest absolute Gasteiger partial charge is 0.416 e. The fraction of sp³-hybridized carbons (Fsp3) is 0.391. The van der Waals surface area contributed by atoms with Gasteiger partial charge >= 0.3 is 6.18 Å². The van der Waals surface area contributed by atoms with E-state index in [4.69, 9.17) is 4.74 Å². The lowest BCUT2D eigenvalue weighted by molar-refractivity contribution is -0.129. The molecule has 0 unspecified atom stereocenters. The maximum atomic E-state index is 13.4. The maximum Gasteiger partial charge on any atom is 0.416 e. The highest BCUT2D eigenvalue weighted by atomic mass is 32.1. The first-order valence-corrected chi connectivity index (χ1v) is 11.5. The van der Waals surface area contributed by atoms with E-state index in [0.29, 0.717) is 35.5 Å². The van der Waals surface area contributed by atoms with Gasteiger partial charge in [-0.2, -0.15) is 17.5 Å². The Kier molecular flexibility index (Phi) is 8.08. The van der Waals surface area contributed by atoms with Gasteiger partial charge in [0.15, 0.2) is 5.76 Å². The molecule has 0 spiro atoms. The Bertz CT molecular complexity index is 1100. The number of halogens is 3. The van der Waals surface area contributed by atoms with E-state index in [0.717, 1.165) is 36.5 Å². The number of aromatic nitrogens is 3. The number of rotatable bonds is 7. The number of pyridine rings is 1. The molecule has 11 heteroatoms. The molecule has 3 heterocycles. The van der Waals surface area contributed by atoms with E-state index in [2.05, 4.69) is 26.2 Å². The predicted octanol–water partition coefficient (Wildman–Crippen LogP) is 5.36. The van der Waals surface area contributed by atoms with Crippen LogP contribution in [-0.4, -0.2) is 44.4 Å². The van der Waals surface area contributed by atoms with Crippen LogP contribution >= 0.6 is 11.5 Å². The fourth-order valence-corrected chi connectivity index (χ4v) is 4.11. The molecule has 0 aromatic carbocycles. The zero-order valence-corrected chi connectivity index (χ0v) is 20.0. The molecule has 1 fully saturated rings. The summed E-state index contributed by atoms with van der Waals surface area (Å²) in [5, 5.41) is 3.32. The molecule has 7 nitrogen and oxygen atoms in total. The van der Waals surface area contributed by atoms with Crippen molar-refractivity contribution >= 4 is 22.6 Å². The second-order valence-electron chi connectivity index (χ2n) is 7.78. The number of anilines is 1. The summed E-state index contributed by atoms with van der Waals surface area (Å²) in [6.07, 6.45) is 0.362. The molecule has 1 saturated heterocycles. The van der Waals surface area contributed by atoms with Gasteiger partial charge < -0.3 is 15.0 Å². The number of amides is 1. The first-order valence-electron chi connectivity index (χ1n) is 10.7. The summed E-state index contributed by atoms with van der Waals surface area (Å²) >= 11 is 1.09. The molecule has 182 valence electrons. The van der Waals surface area contributed by atoms with E-state index in [1.165, 1.54) is 6.92 Å². The number of likely N-dealkylation sites (tertiary alicyclic amines) is 1. The lowest BCUT2D eigenvalue weighted by atomic mass is 9.96. The van der Waals surface area contributed by atoms with E-state index in [9.17, 15) is 18.0 Å². The van der Waals surface area contributed by atoms with Crippen molar-refractivity contribution in [2.24, 2.45) is 0 Å². The Labute approximate surface area is 200 Å². The molecule has 0 atom stereocenters. The van der Waals surface area contributed by atoms with Crippen molar-refractivity contribution in [2.75, 3.05) is 18.4 Å². The van der Waals surface area contributed by atoms with Crippen LogP contribution in [0.25, 0.3) is 0 Å². The predicted molar refractivity (Wildman–Crippen MR) is 124 cm³/mol. The molecule has 0 radical (unpaired) electrons. The van der Waals surface area contributed by atoms with E-state index in [1.807, 2.05) is 0 Å². The Hall–Kier alpha value is -3.21. The van der Waals surface area contributed by atoms with Crippen LogP contribution < -0.4 is 10.1 Å². The zero-order valence-electron chi connectivity index (χ0n) is 19.1. The summed E-state index contributed by atoms with van der Waals surface area (Å²) in [5.41, 5.74) is -0.256. The van der Waals surface area contributed by atoms with Crippen molar-refractivity contribution in [3.63, 3.8) is 0 Å². The van der Waals surface area contributed by atoms with Crippen LogP contribution in [0.15, 0.2) is 54.1 Å². The number of aryl methyl sites for hydroxylation is 1. The largest absolute Gasteiger partial charge is 0.453 e. The number of hydrogen-bond acceptors (Lipinski definition) is 7. The Morgan fingerprint density at radius 1 is 1.35 bits per heavy atom. The van der Waals surface area contributed by atoms with Gasteiger partial charge in [-0.05, 0) is 44.9 Å². The molecular formula is C23H26F3N5O2S. The number of piperidine rings is 1. The summed E-state index contributed by atoms with van der Waals surface area (Å²) < 4.78 is 50.4. The van der Waals surface area contributed by atoms with E-state index >= 15 is 0 Å². The molecule has 1 aliphatic heterocycles. The van der Waals surface area contributed by atoms with E-state index in [1.54, 1.807) is 37.1 Å². The SMILES string of the molecule is C=C(Nc1nc(C2CCN(C(C)=O)CC2)ns1)/C(=C\C(=C/C)C(F)(F)F)Oc1cccnc1C. The van der Waals surface area contributed by atoms with Crippen molar-refractivity contribution in [1.82, 2.24) is 19.2 Å². The number of carbonyl (C=O) groups is 1. The van der Waals surface area contributed by atoms with Crippen LogP contribution in [0.3, 0.4) is 0 Å². The number of nitrogens with one attached hydrogen (secondary N) is 1. The molecule has 0 aliphatic carbocycles. The lowest BCUT2D eigenvalue weighted by Crippen LogP contribution is -2.36. The zero-order chi connectivity index (χ0) is 24.9. The van der Waals surface area contributed by atoms with Gasteiger partial charge in [0.1, 0.15) is 11.6 Å². The summed E-state index contributed by atoms with van der Waals surface area (Å²) in [6, 6.07) is 3.24. The van der Waals surface area contributed by atoms with Crippen molar-refractivity contribution in [1.29, 1.82) is 0 Å². The van der Waals surface area contributed by atoms with Gasteiger partial charge in [-0.1, -0.05) is 12.7 Å². The Balaban J connectivity index is 1.78. The summed E-state index contributed by atoms with van der Waals surface area (Å²) in [7, 11) is 0. The third kappa shape index (κ3) is 6.43. The van der Waals surface area contributed by atoms with Gasteiger partial charge in [-0.3, -0.25) is 9.78 Å². The highest BCUT2D eigenvalue weighted by Crippen LogP contribution is 2.32. The van der Waals surface area contributed by atoms with E-state index in [-0.39, 0.29) is 23.3 Å². The second-order valence-corrected chi connectivity index (χ2v) is 8.53. The molecule has 2 aromatic heterocycles. The molecule has 2 aromatic rings. The number of carbonyl (C=O) groups excluding carboxylic acids is 1. The molecule has 0 saturated carbocycles. The summed E-state index contributed by atoms with van der Waals surface area (Å²) in [5.74, 6) is 0.991. The van der Waals surface area contributed by atoms with Gasteiger partial charge in [-0.25, -0.2) is 4.98 Å². The topological polar surface area (TPSA) is 80.2 Å². The minimum atomic E-state index is -4.56. The maximum absolute atomic E-state index is 13.4. The van der Waals surface area contributed by atoms with E-state index < -0.39 is 11.7 Å². The molecule has 1 N–H and O–H groups in total. The van der Waals surface area contributed by atoms with Gasteiger partial charge in [0.05, 0.1) is 17.0 Å². The summed E-state index contributed by atoms with van der Waals surface area (Å²) in [6.45, 7) is 9.70. The third-order valence-electron chi connectivity index (χ3n) is 5.41. The van der Waals surface area contributed by atoms with Crippen LogP contribution in [-0.2, 0) is 4.79 Å². The molecule has 34 heavy (non-hydrogen) atoms. The van der Waals surface area contributed by atoms with Crippen LogP contribution in [0.4, 0.5) is 18.3 Å². The fourth-order valence-electron chi connectivity index (χ4n) is 3.44. The van der Waals surface area contributed by atoms with Gasteiger partial charge in [0.25, 0.3) is 0 Å². The molecule has 1 aliphatic rings. The van der Waals surface area contributed by atoms with Crippen LogP contribution in [0, 0.1) is 6.92 Å². The van der Waals surface area contributed by atoms with Crippen molar-refractivity contribution in [3.8, 4) is 5.75 Å². The van der Waals surface area contributed by atoms with Crippen LogP contribution in [0.1, 0.15) is 44.1 Å². The van der Waals surface area contributed by atoms with Gasteiger partial charge in [0, 0.05) is 43.7 Å². The van der Waals surface area contributed by atoms with Crippen LogP contribution in [0.2, 0.25) is 0 Å².